The normalized spacial score (nSPS) is 11.8. The Bertz CT molecular complexity index is 831. The SMILES string of the molecule is Cc1ccnc(C=Cc2c(CCN(C)C)sc3ccccc23)c1. The number of benzene rings is 1. The molecule has 0 saturated carbocycles. The fraction of sp³-hybridized carbons (Fsp3) is 0.250. The second-order valence-corrected chi connectivity index (χ2v) is 7.22. The Morgan fingerprint density at radius 2 is 1.96 bits per heavy atom. The fourth-order valence-electron chi connectivity index (χ4n) is 2.63. The Hall–Kier alpha value is -1.97. The van der Waals surface area contributed by atoms with Gasteiger partial charge in [0.05, 0.1) is 5.69 Å². The molecule has 23 heavy (non-hydrogen) atoms. The first kappa shape index (κ1) is 15.9. The molecule has 0 aliphatic rings. The van der Waals surface area contributed by atoms with Crippen molar-refractivity contribution >= 4 is 33.6 Å². The molecule has 3 heteroatoms. The number of aryl methyl sites for hydroxylation is 1. The van der Waals surface area contributed by atoms with Crippen LogP contribution in [0.3, 0.4) is 0 Å². The van der Waals surface area contributed by atoms with E-state index in [0.29, 0.717) is 0 Å². The van der Waals surface area contributed by atoms with E-state index in [2.05, 4.69) is 73.4 Å². The number of likely N-dealkylation sites (N-methyl/N-ethyl adjacent to an activating group) is 1. The lowest BCUT2D eigenvalue weighted by molar-refractivity contribution is 0.415. The van der Waals surface area contributed by atoms with Crippen LogP contribution in [0.4, 0.5) is 0 Å². The number of hydrogen-bond acceptors (Lipinski definition) is 3. The quantitative estimate of drug-likeness (QED) is 0.665. The van der Waals surface area contributed by atoms with Gasteiger partial charge in [0.15, 0.2) is 0 Å². The maximum Gasteiger partial charge on any atom is 0.0632 e. The van der Waals surface area contributed by atoms with Crippen molar-refractivity contribution in [2.45, 2.75) is 13.3 Å². The summed E-state index contributed by atoms with van der Waals surface area (Å²) in [5, 5.41) is 1.34. The van der Waals surface area contributed by atoms with E-state index in [1.165, 1.54) is 26.1 Å². The van der Waals surface area contributed by atoms with Crippen LogP contribution < -0.4 is 0 Å². The third kappa shape index (κ3) is 3.87. The monoisotopic (exact) mass is 322 g/mol. The van der Waals surface area contributed by atoms with Crippen molar-refractivity contribution in [2.75, 3.05) is 20.6 Å². The van der Waals surface area contributed by atoms with Crippen molar-refractivity contribution in [3.8, 4) is 0 Å². The summed E-state index contributed by atoms with van der Waals surface area (Å²) < 4.78 is 1.36. The van der Waals surface area contributed by atoms with Crippen LogP contribution in [0.25, 0.3) is 22.2 Å². The molecule has 0 unspecified atom stereocenters. The first-order valence-corrected chi connectivity index (χ1v) is 8.71. The maximum atomic E-state index is 4.43. The van der Waals surface area contributed by atoms with Crippen LogP contribution in [-0.4, -0.2) is 30.5 Å². The minimum Gasteiger partial charge on any atom is -0.309 e. The van der Waals surface area contributed by atoms with Crippen molar-refractivity contribution in [1.29, 1.82) is 0 Å². The van der Waals surface area contributed by atoms with E-state index >= 15 is 0 Å². The summed E-state index contributed by atoms with van der Waals surface area (Å²) in [6.07, 6.45) is 7.30. The molecule has 0 saturated heterocycles. The minimum atomic E-state index is 1.01. The predicted octanol–water partition coefficient (Wildman–Crippen LogP) is 4.88. The van der Waals surface area contributed by atoms with Gasteiger partial charge in [0.2, 0.25) is 0 Å². The zero-order valence-corrected chi connectivity index (χ0v) is 14.7. The van der Waals surface area contributed by atoms with E-state index in [1.807, 2.05) is 23.6 Å². The molecule has 3 aromatic rings. The van der Waals surface area contributed by atoms with Crippen LogP contribution in [-0.2, 0) is 6.42 Å². The van der Waals surface area contributed by atoms with Crippen LogP contribution in [0.15, 0.2) is 42.6 Å². The van der Waals surface area contributed by atoms with E-state index in [9.17, 15) is 0 Å². The number of aromatic nitrogens is 1. The molecule has 1 aromatic carbocycles. The topological polar surface area (TPSA) is 16.1 Å². The molecule has 2 heterocycles. The number of nitrogens with zero attached hydrogens (tertiary/aromatic N) is 2. The molecule has 0 N–H and O–H groups in total. The fourth-order valence-corrected chi connectivity index (χ4v) is 3.81. The number of thiophene rings is 1. The number of rotatable bonds is 5. The van der Waals surface area contributed by atoms with Gasteiger partial charge in [-0.15, -0.1) is 11.3 Å². The second-order valence-electron chi connectivity index (χ2n) is 6.08. The molecule has 0 aliphatic heterocycles. The van der Waals surface area contributed by atoms with Gasteiger partial charge in [-0.05, 0) is 68.2 Å². The van der Waals surface area contributed by atoms with Crippen LogP contribution in [0.5, 0.6) is 0 Å². The van der Waals surface area contributed by atoms with Crippen molar-refractivity contribution in [3.05, 3.63) is 64.3 Å². The molecule has 3 rings (SSSR count). The summed E-state index contributed by atoms with van der Waals surface area (Å²) in [5.74, 6) is 0. The molecular formula is C20H22N2S. The number of hydrogen-bond donors (Lipinski definition) is 0. The van der Waals surface area contributed by atoms with Crippen molar-refractivity contribution in [2.24, 2.45) is 0 Å². The average Bonchev–Trinajstić information content (AvgIpc) is 2.89. The van der Waals surface area contributed by atoms with E-state index in [1.54, 1.807) is 0 Å². The van der Waals surface area contributed by atoms with E-state index in [4.69, 9.17) is 0 Å². The van der Waals surface area contributed by atoms with E-state index < -0.39 is 0 Å². The molecule has 0 radical (unpaired) electrons. The molecule has 2 nitrogen and oxygen atoms in total. The zero-order chi connectivity index (χ0) is 16.2. The largest absolute Gasteiger partial charge is 0.309 e. The Balaban J connectivity index is 1.98. The summed E-state index contributed by atoms with van der Waals surface area (Å²) in [6.45, 7) is 3.16. The third-order valence-electron chi connectivity index (χ3n) is 3.85. The molecule has 0 amide bonds. The van der Waals surface area contributed by atoms with Crippen LogP contribution in [0, 0.1) is 6.92 Å². The highest BCUT2D eigenvalue weighted by atomic mass is 32.1. The highest BCUT2D eigenvalue weighted by Gasteiger charge is 2.09. The van der Waals surface area contributed by atoms with Gasteiger partial charge in [-0.3, -0.25) is 4.98 Å². The van der Waals surface area contributed by atoms with E-state index in [0.717, 1.165) is 18.7 Å². The number of fused-ring (bicyclic) bond motifs is 1. The van der Waals surface area contributed by atoms with Crippen LogP contribution >= 0.6 is 11.3 Å². The number of pyridine rings is 1. The lowest BCUT2D eigenvalue weighted by atomic mass is 10.1. The molecule has 0 fully saturated rings. The van der Waals surface area contributed by atoms with Gasteiger partial charge in [0.1, 0.15) is 0 Å². The third-order valence-corrected chi connectivity index (χ3v) is 5.10. The summed E-state index contributed by atoms with van der Waals surface area (Å²) in [6, 6.07) is 12.8. The first-order valence-electron chi connectivity index (χ1n) is 7.89. The molecular weight excluding hydrogens is 300 g/mol. The second kappa shape index (κ2) is 7.07. The maximum absolute atomic E-state index is 4.43. The molecule has 0 aliphatic carbocycles. The highest BCUT2D eigenvalue weighted by molar-refractivity contribution is 7.19. The standard InChI is InChI=1S/C20H22N2S/c1-15-10-12-21-16(14-15)8-9-18-17-6-4-5-7-19(17)23-20(18)11-13-22(2)3/h4-10,12,14H,11,13H2,1-3H3. The minimum absolute atomic E-state index is 1.01. The van der Waals surface area contributed by atoms with Crippen molar-refractivity contribution < 1.29 is 0 Å². The van der Waals surface area contributed by atoms with Crippen molar-refractivity contribution in [3.63, 3.8) is 0 Å². The Kier molecular flexibility index (Phi) is 4.89. The van der Waals surface area contributed by atoms with Gasteiger partial charge < -0.3 is 4.90 Å². The van der Waals surface area contributed by atoms with Crippen LogP contribution in [0.2, 0.25) is 0 Å². The zero-order valence-electron chi connectivity index (χ0n) is 13.9. The van der Waals surface area contributed by atoms with Crippen molar-refractivity contribution in [1.82, 2.24) is 9.88 Å². The van der Waals surface area contributed by atoms with Gasteiger partial charge >= 0.3 is 0 Å². The first-order chi connectivity index (χ1) is 11.1. The molecule has 118 valence electrons. The summed E-state index contributed by atoms with van der Waals surface area (Å²) in [5.41, 5.74) is 3.59. The molecule has 0 spiro atoms. The Morgan fingerprint density at radius 1 is 1.13 bits per heavy atom. The van der Waals surface area contributed by atoms with Gasteiger partial charge in [0, 0.05) is 22.3 Å². The lowest BCUT2D eigenvalue weighted by Crippen LogP contribution is -2.14. The predicted molar refractivity (Wildman–Crippen MR) is 102 cm³/mol. The van der Waals surface area contributed by atoms with Crippen LogP contribution in [0.1, 0.15) is 21.7 Å². The van der Waals surface area contributed by atoms with E-state index in [-0.39, 0.29) is 0 Å². The van der Waals surface area contributed by atoms with Gasteiger partial charge in [0.25, 0.3) is 0 Å². The summed E-state index contributed by atoms with van der Waals surface area (Å²) in [7, 11) is 4.25. The average molecular weight is 322 g/mol. The van der Waals surface area contributed by atoms with Gasteiger partial charge in [-0.2, -0.15) is 0 Å². The smallest absolute Gasteiger partial charge is 0.0632 e. The lowest BCUT2D eigenvalue weighted by Gasteiger charge is -2.08. The molecule has 2 aromatic heterocycles. The Labute approximate surface area is 142 Å². The summed E-state index contributed by atoms with van der Waals surface area (Å²) in [4.78, 5) is 8.12. The highest BCUT2D eigenvalue weighted by Crippen LogP contribution is 2.33. The molecule has 0 atom stereocenters. The summed E-state index contributed by atoms with van der Waals surface area (Å²) >= 11 is 1.91. The molecule has 0 bridgehead atoms. The van der Waals surface area contributed by atoms with Gasteiger partial charge in [-0.1, -0.05) is 24.3 Å². The Morgan fingerprint density at radius 3 is 2.74 bits per heavy atom. The van der Waals surface area contributed by atoms with Gasteiger partial charge in [-0.25, -0.2) is 0 Å².